The first-order valence-electron chi connectivity index (χ1n) is 12.8. The van der Waals surface area contributed by atoms with E-state index in [1.165, 1.54) is 0 Å². The van der Waals surface area contributed by atoms with E-state index in [0.29, 0.717) is 18.9 Å². The Labute approximate surface area is 210 Å². The molecule has 3 rings (SSSR count). The lowest BCUT2D eigenvalue weighted by atomic mass is 9.98. The maximum atomic E-state index is 14.1. The Hall–Kier alpha value is -3.04. The van der Waals surface area contributed by atoms with Crippen LogP contribution >= 0.6 is 0 Å². The topological polar surface area (TPSA) is 107 Å². The quantitative estimate of drug-likeness (QED) is 0.452. The molecular formula is C26H37F2N5O3. The molecule has 3 amide bonds. The number of carbonyl (C=O) groups excluding carboxylic acids is 3. The standard InChI is InChI=1S/C26H37F2N5O3/c1-5-18-8-6-7-11-33(18)23(35)14-21(30-22(34)10-9-15(2)3)26(36)29-16(4)25-31-20-13-17(27)12-19(28)24(20)32-25/h12-13,15-16,18,21H,5-11,14H2,1-4H3,(H,29,36)(H,30,34)(H,31,32)/t16-,18?,21?/m0/s1. The summed E-state index contributed by atoms with van der Waals surface area (Å²) in [6, 6.07) is 0.252. The maximum Gasteiger partial charge on any atom is 0.243 e. The van der Waals surface area contributed by atoms with Crippen molar-refractivity contribution in [2.24, 2.45) is 5.92 Å². The number of benzene rings is 1. The molecule has 0 spiro atoms. The lowest BCUT2D eigenvalue weighted by molar-refractivity contribution is -0.139. The molecule has 1 aliphatic heterocycles. The largest absolute Gasteiger partial charge is 0.345 e. The molecule has 2 unspecified atom stereocenters. The molecule has 1 aliphatic rings. The fourth-order valence-electron chi connectivity index (χ4n) is 4.59. The molecule has 8 nitrogen and oxygen atoms in total. The van der Waals surface area contributed by atoms with Gasteiger partial charge in [-0.3, -0.25) is 14.4 Å². The Balaban J connectivity index is 1.74. The summed E-state index contributed by atoms with van der Waals surface area (Å²) >= 11 is 0. The highest BCUT2D eigenvalue weighted by Gasteiger charge is 2.31. The second kappa shape index (κ2) is 12.3. The molecule has 1 fully saturated rings. The van der Waals surface area contributed by atoms with E-state index in [9.17, 15) is 23.2 Å². The van der Waals surface area contributed by atoms with E-state index in [-0.39, 0.29) is 47.6 Å². The fraction of sp³-hybridized carbons (Fsp3) is 0.615. The van der Waals surface area contributed by atoms with Gasteiger partial charge in [-0.05, 0) is 51.0 Å². The summed E-state index contributed by atoms with van der Waals surface area (Å²) in [5.74, 6) is -1.98. The molecule has 0 aliphatic carbocycles. The SMILES string of the molecule is CCC1CCCCN1C(=O)CC(NC(=O)CCC(C)C)C(=O)N[C@@H](C)c1nc2c(F)cc(F)cc2[nH]1. The normalized spacial score (nSPS) is 17.8. The van der Waals surface area contributed by atoms with E-state index in [1.807, 2.05) is 25.7 Å². The van der Waals surface area contributed by atoms with Crippen molar-refractivity contribution >= 4 is 28.8 Å². The summed E-state index contributed by atoms with van der Waals surface area (Å²) in [5, 5.41) is 5.50. The Bertz CT molecular complexity index is 1090. The molecule has 0 saturated carbocycles. The molecule has 3 atom stereocenters. The van der Waals surface area contributed by atoms with Crippen LogP contribution in [0, 0.1) is 17.6 Å². The molecule has 10 heteroatoms. The summed E-state index contributed by atoms with van der Waals surface area (Å²) in [7, 11) is 0. The lowest BCUT2D eigenvalue weighted by Gasteiger charge is -2.36. The van der Waals surface area contributed by atoms with Crippen molar-refractivity contribution in [3.8, 4) is 0 Å². The Morgan fingerprint density at radius 3 is 2.61 bits per heavy atom. The van der Waals surface area contributed by atoms with Gasteiger partial charge in [-0.2, -0.15) is 0 Å². The number of rotatable bonds is 10. The predicted octanol–water partition coefficient (Wildman–Crippen LogP) is 4.12. The summed E-state index contributed by atoms with van der Waals surface area (Å²) < 4.78 is 27.6. The highest BCUT2D eigenvalue weighted by atomic mass is 19.1. The van der Waals surface area contributed by atoms with Gasteiger partial charge in [-0.25, -0.2) is 13.8 Å². The third kappa shape index (κ3) is 7.01. The van der Waals surface area contributed by atoms with Crippen molar-refractivity contribution in [2.45, 2.75) is 90.8 Å². The number of imidazole rings is 1. The minimum atomic E-state index is -1.06. The molecule has 3 N–H and O–H groups in total. The minimum Gasteiger partial charge on any atom is -0.345 e. The monoisotopic (exact) mass is 505 g/mol. The number of H-pyrrole nitrogens is 1. The van der Waals surface area contributed by atoms with Gasteiger partial charge >= 0.3 is 0 Å². The van der Waals surface area contributed by atoms with Crippen LogP contribution in [0.2, 0.25) is 0 Å². The van der Waals surface area contributed by atoms with Crippen molar-refractivity contribution < 1.29 is 23.2 Å². The Morgan fingerprint density at radius 2 is 1.92 bits per heavy atom. The van der Waals surface area contributed by atoms with Crippen LogP contribution in [0.5, 0.6) is 0 Å². The number of hydrogen-bond acceptors (Lipinski definition) is 4. The van der Waals surface area contributed by atoms with Crippen molar-refractivity contribution in [3.05, 3.63) is 29.6 Å². The molecular weight excluding hydrogens is 468 g/mol. The van der Waals surface area contributed by atoms with E-state index in [0.717, 1.165) is 37.8 Å². The van der Waals surface area contributed by atoms with Gasteiger partial charge in [0.25, 0.3) is 0 Å². The first-order chi connectivity index (χ1) is 17.1. The molecule has 2 aromatic rings. The number of amides is 3. The Morgan fingerprint density at radius 1 is 1.17 bits per heavy atom. The minimum absolute atomic E-state index is 0.0306. The molecule has 1 aromatic heterocycles. The highest BCUT2D eigenvalue weighted by molar-refractivity contribution is 5.92. The van der Waals surface area contributed by atoms with E-state index >= 15 is 0 Å². The summed E-state index contributed by atoms with van der Waals surface area (Å²) in [4.78, 5) is 47.8. The number of nitrogens with one attached hydrogen (secondary N) is 3. The van der Waals surface area contributed by atoms with Crippen LogP contribution in [0.25, 0.3) is 11.0 Å². The van der Waals surface area contributed by atoms with Gasteiger partial charge in [0.1, 0.15) is 23.2 Å². The predicted molar refractivity (Wildman–Crippen MR) is 133 cm³/mol. The summed E-state index contributed by atoms with van der Waals surface area (Å²) in [5.41, 5.74) is 0.143. The molecule has 198 valence electrons. The van der Waals surface area contributed by atoms with Gasteiger partial charge in [-0.1, -0.05) is 20.8 Å². The van der Waals surface area contributed by atoms with Crippen LogP contribution in [0.15, 0.2) is 12.1 Å². The fourth-order valence-corrected chi connectivity index (χ4v) is 4.59. The van der Waals surface area contributed by atoms with Crippen molar-refractivity contribution in [2.75, 3.05) is 6.54 Å². The second-order valence-electron chi connectivity index (χ2n) is 10.0. The highest BCUT2D eigenvalue weighted by Crippen LogP contribution is 2.22. The number of likely N-dealkylation sites (tertiary alicyclic amines) is 1. The average molecular weight is 506 g/mol. The summed E-state index contributed by atoms with van der Waals surface area (Å²) in [6.45, 7) is 8.33. The molecule has 0 radical (unpaired) electrons. The number of aromatic amines is 1. The number of halogens is 2. The first-order valence-corrected chi connectivity index (χ1v) is 12.8. The van der Waals surface area contributed by atoms with Crippen LogP contribution in [0.3, 0.4) is 0 Å². The van der Waals surface area contributed by atoms with Crippen LogP contribution in [0.4, 0.5) is 8.78 Å². The van der Waals surface area contributed by atoms with Crippen molar-refractivity contribution in [3.63, 3.8) is 0 Å². The van der Waals surface area contributed by atoms with E-state index < -0.39 is 29.6 Å². The number of hydrogen-bond donors (Lipinski definition) is 3. The summed E-state index contributed by atoms with van der Waals surface area (Å²) in [6.07, 6.45) is 4.51. The van der Waals surface area contributed by atoms with Crippen molar-refractivity contribution in [1.29, 1.82) is 0 Å². The Kier molecular flexibility index (Phi) is 9.39. The molecule has 1 aromatic carbocycles. The molecule has 2 heterocycles. The van der Waals surface area contributed by atoms with Gasteiger partial charge in [0.05, 0.1) is 18.0 Å². The average Bonchev–Trinajstić information content (AvgIpc) is 3.26. The number of nitrogens with zero attached hydrogens (tertiary/aromatic N) is 2. The van der Waals surface area contributed by atoms with E-state index in [1.54, 1.807) is 6.92 Å². The van der Waals surface area contributed by atoms with Crippen LogP contribution in [-0.4, -0.2) is 51.2 Å². The molecule has 1 saturated heterocycles. The zero-order valence-corrected chi connectivity index (χ0v) is 21.5. The molecule has 0 bridgehead atoms. The van der Waals surface area contributed by atoms with Gasteiger partial charge in [-0.15, -0.1) is 0 Å². The molecule has 36 heavy (non-hydrogen) atoms. The van der Waals surface area contributed by atoms with Gasteiger partial charge in [0, 0.05) is 25.1 Å². The first kappa shape index (κ1) is 27.5. The number of carbonyl (C=O) groups is 3. The van der Waals surface area contributed by atoms with Gasteiger partial charge < -0.3 is 20.5 Å². The van der Waals surface area contributed by atoms with Gasteiger partial charge in [0.2, 0.25) is 17.7 Å². The zero-order chi connectivity index (χ0) is 26.4. The third-order valence-electron chi connectivity index (χ3n) is 6.69. The van der Waals surface area contributed by atoms with Crippen molar-refractivity contribution in [1.82, 2.24) is 25.5 Å². The van der Waals surface area contributed by atoms with Crippen LogP contribution in [0.1, 0.15) is 84.5 Å². The van der Waals surface area contributed by atoms with E-state index in [4.69, 9.17) is 0 Å². The second-order valence-corrected chi connectivity index (χ2v) is 10.0. The lowest BCUT2D eigenvalue weighted by Crippen LogP contribution is -2.52. The number of aromatic nitrogens is 2. The number of piperidine rings is 1. The number of fused-ring (bicyclic) bond motifs is 1. The van der Waals surface area contributed by atoms with Crippen LogP contribution < -0.4 is 10.6 Å². The smallest absolute Gasteiger partial charge is 0.243 e. The van der Waals surface area contributed by atoms with Gasteiger partial charge in [0.15, 0.2) is 5.82 Å². The third-order valence-corrected chi connectivity index (χ3v) is 6.69. The van der Waals surface area contributed by atoms with E-state index in [2.05, 4.69) is 20.6 Å². The maximum absolute atomic E-state index is 14.1. The zero-order valence-electron chi connectivity index (χ0n) is 21.5. The van der Waals surface area contributed by atoms with Crippen LogP contribution in [-0.2, 0) is 14.4 Å².